The molecule has 3 heterocycles. The fourth-order valence-corrected chi connectivity index (χ4v) is 6.48. The number of carboxylic acids is 1. The number of aliphatic carboxylic acids is 1. The van der Waals surface area contributed by atoms with Gasteiger partial charge in [-0.3, -0.25) is 19.3 Å². The number of thioether (sulfide) groups is 1. The molecular formula is C30H30N4O6S. The normalized spacial score (nSPS) is 18.8. The van der Waals surface area contributed by atoms with E-state index in [9.17, 15) is 24.3 Å². The minimum absolute atomic E-state index is 0.0597. The van der Waals surface area contributed by atoms with Crippen LogP contribution in [0.1, 0.15) is 35.3 Å². The summed E-state index contributed by atoms with van der Waals surface area (Å²) in [5.74, 6) is -1.10. The van der Waals surface area contributed by atoms with Crippen molar-refractivity contribution in [3.8, 4) is 5.75 Å². The minimum atomic E-state index is -1.19. The van der Waals surface area contributed by atoms with Crippen LogP contribution in [0.5, 0.6) is 5.75 Å². The number of nitrogens with one attached hydrogen (secondary N) is 1. The van der Waals surface area contributed by atoms with Crippen molar-refractivity contribution >= 4 is 29.5 Å². The van der Waals surface area contributed by atoms with Crippen molar-refractivity contribution in [2.24, 2.45) is 5.73 Å². The van der Waals surface area contributed by atoms with Gasteiger partial charge in [-0.25, -0.2) is 4.79 Å². The molecule has 1 aromatic heterocycles. The number of methoxy groups -OCH3 is 1. The third kappa shape index (κ3) is 5.50. The third-order valence-corrected chi connectivity index (χ3v) is 8.73. The van der Waals surface area contributed by atoms with Crippen LogP contribution in [-0.4, -0.2) is 62.0 Å². The summed E-state index contributed by atoms with van der Waals surface area (Å²) in [4.78, 5) is 57.8. The van der Waals surface area contributed by atoms with Crippen molar-refractivity contribution in [1.29, 1.82) is 0 Å². The molecule has 2 aliphatic heterocycles. The van der Waals surface area contributed by atoms with Gasteiger partial charge in [0.1, 0.15) is 28.9 Å². The number of pyridine rings is 1. The van der Waals surface area contributed by atoms with Crippen molar-refractivity contribution in [2.45, 2.75) is 37.3 Å². The van der Waals surface area contributed by atoms with Crippen molar-refractivity contribution in [3.05, 3.63) is 111 Å². The number of fused-ring (bicyclic) bond motifs is 1. The molecule has 2 aliphatic rings. The Hall–Kier alpha value is -4.35. The van der Waals surface area contributed by atoms with Crippen molar-refractivity contribution in [3.63, 3.8) is 0 Å². The van der Waals surface area contributed by atoms with Gasteiger partial charge in [0.2, 0.25) is 5.91 Å². The lowest BCUT2D eigenvalue weighted by atomic mass is 9.98. The highest BCUT2D eigenvalue weighted by Gasteiger charge is 2.57. The molecule has 0 unspecified atom stereocenters. The van der Waals surface area contributed by atoms with Gasteiger partial charge in [0.15, 0.2) is 0 Å². The molecule has 2 amide bonds. The number of amides is 2. The topological polar surface area (TPSA) is 146 Å². The molecule has 1 saturated heterocycles. The first kappa shape index (κ1) is 28.2. The molecule has 212 valence electrons. The van der Waals surface area contributed by atoms with E-state index in [0.29, 0.717) is 29.0 Å². The second kappa shape index (κ2) is 11.6. The Balaban J connectivity index is 1.43. The Labute approximate surface area is 240 Å². The highest BCUT2D eigenvalue weighted by atomic mass is 32.2. The lowest BCUT2D eigenvalue weighted by molar-refractivity contribution is -0.161. The number of carbonyl (C=O) groups is 3. The lowest BCUT2D eigenvalue weighted by Crippen LogP contribution is -2.71. The Bertz CT molecular complexity index is 1570. The van der Waals surface area contributed by atoms with E-state index in [1.54, 1.807) is 56.5 Å². The number of carbonyl (C=O) groups excluding carboxylic acids is 2. The second-order valence-corrected chi connectivity index (χ2v) is 11.1. The maximum absolute atomic E-state index is 13.8. The first-order valence-electron chi connectivity index (χ1n) is 13.0. The summed E-state index contributed by atoms with van der Waals surface area (Å²) in [6, 6.07) is 17.7. The Morgan fingerprint density at radius 2 is 1.83 bits per heavy atom. The van der Waals surface area contributed by atoms with E-state index >= 15 is 0 Å². The first-order chi connectivity index (χ1) is 19.7. The fourth-order valence-electron chi connectivity index (χ4n) is 5.12. The fraction of sp³-hybridized carbons (Fsp3) is 0.267. The predicted octanol–water partition coefficient (Wildman–Crippen LogP) is 2.65. The number of hydrogen-bond acceptors (Lipinski definition) is 7. The quantitative estimate of drug-likeness (QED) is 0.331. The Morgan fingerprint density at radius 3 is 2.46 bits per heavy atom. The average molecular weight is 575 g/mol. The zero-order valence-corrected chi connectivity index (χ0v) is 23.4. The van der Waals surface area contributed by atoms with Crippen LogP contribution in [0.25, 0.3) is 0 Å². The van der Waals surface area contributed by atoms with Crippen LogP contribution in [0.2, 0.25) is 0 Å². The molecule has 4 N–H and O–H groups in total. The molecule has 0 spiro atoms. The molecule has 0 saturated carbocycles. The molecule has 0 bridgehead atoms. The van der Waals surface area contributed by atoms with E-state index in [-0.39, 0.29) is 23.4 Å². The van der Waals surface area contributed by atoms with Crippen LogP contribution < -0.4 is 16.0 Å². The number of rotatable bonds is 9. The van der Waals surface area contributed by atoms with Crippen LogP contribution in [0, 0.1) is 0 Å². The number of ether oxygens (including phenoxy) is 1. The maximum Gasteiger partial charge on any atom is 0.352 e. The molecule has 1 fully saturated rings. The molecule has 3 aromatic rings. The summed E-state index contributed by atoms with van der Waals surface area (Å²) in [6.07, 6.45) is 0.486. The van der Waals surface area contributed by atoms with Crippen molar-refractivity contribution in [2.75, 3.05) is 12.9 Å². The molecule has 11 heteroatoms. The summed E-state index contributed by atoms with van der Waals surface area (Å²) < 4.78 is 5.19. The highest BCUT2D eigenvalue weighted by Crippen LogP contribution is 2.43. The number of aromatic nitrogens is 1. The summed E-state index contributed by atoms with van der Waals surface area (Å²) in [5, 5.41) is 9.14. The molecule has 0 radical (unpaired) electrons. The van der Waals surface area contributed by atoms with Crippen LogP contribution >= 0.6 is 11.8 Å². The van der Waals surface area contributed by atoms with Crippen LogP contribution in [0.15, 0.2) is 82.8 Å². The van der Waals surface area contributed by atoms with Gasteiger partial charge >= 0.3 is 5.97 Å². The van der Waals surface area contributed by atoms with E-state index in [4.69, 9.17) is 10.5 Å². The van der Waals surface area contributed by atoms with Crippen LogP contribution in [-0.2, 0) is 27.3 Å². The SMILES string of the molecule is COc1ccc(Cc2ccc(CN(C(=O)[C@H](N)c3ccccc3)[C@@H]3C(=O)N4C(C(=O)O)=C(C)CS[C@H]34)c(=O)[nH]2)cc1. The number of β-lactam (4-membered cyclic amide) rings is 1. The molecule has 2 aromatic carbocycles. The number of nitrogens with zero attached hydrogens (tertiary/aromatic N) is 2. The van der Waals surface area contributed by atoms with E-state index in [1.807, 2.05) is 24.3 Å². The average Bonchev–Trinajstić information content (AvgIpc) is 2.98. The number of H-pyrrole nitrogens is 1. The number of aromatic amines is 1. The van der Waals surface area contributed by atoms with Gasteiger partial charge in [0.25, 0.3) is 11.5 Å². The molecule has 41 heavy (non-hydrogen) atoms. The zero-order valence-electron chi connectivity index (χ0n) is 22.6. The minimum Gasteiger partial charge on any atom is -0.497 e. The number of hydrogen-bond donors (Lipinski definition) is 3. The smallest absolute Gasteiger partial charge is 0.352 e. The van der Waals surface area contributed by atoms with E-state index in [0.717, 1.165) is 11.3 Å². The van der Waals surface area contributed by atoms with Gasteiger partial charge in [-0.05, 0) is 47.9 Å². The predicted molar refractivity (Wildman–Crippen MR) is 154 cm³/mol. The standard InChI is InChI=1S/C30H30N4O6S/c1-17-16-41-29-25(28(37)34(29)24(17)30(38)39)33(27(36)23(31)19-6-4-3-5-7-19)15-20-10-11-21(32-26(20)35)14-18-8-12-22(40-2)13-9-18/h3-13,23,25,29H,14-16,31H2,1-2H3,(H,32,35)(H,38,39)/t23-,25-,29-/m1/s1. The summed E-state index contributed by atoms with van der Waals surface area (Å²) in [6.45, 7) is 1.51. The number of carboxylic acid groups (broad SMARTS) is 1. The molecule has 10 nitrogen and oxygen atoms in total. The van der Waals surface area contributed by atoms with E-state index < -0.39 is 35.2 Å². The molecule has 0 aliphatic carbocycles. The summed E-state index contributed by atoms with van der Waals surface area (Å²) in [5.41, 5.74) is 9.01. The van der Waals surface area contributed by atoms with Crippen LogP contribution in [0.3, 0.4) is 0 Å². The van der Waals surface area contributed by atoms with Gasteiger partial charge < -0.3 is 25.5 Å². The largest absolute Gasteiger partial charge is 0.497 e. The molecular weight excluding hydrogens is 544 g/mol. The monoisotopic (exact) mass is 574 g/mol. The maximum atomic E-state index is 13.8. The third-order valence-electron chi connectivity index (χ3n) is 7.32. The second-order valence-electron chi connectivity index (χ2n) is 10.0. The number of benzene rings is 2. The van der Waals surface area contributed by atoms with Crippen molar-refractivity contribution in [1.82, 2.24) is 14.8 Å². The molecule has 5 rings (SSSR count). The van der Waals surface area contributed by atoms with Crippen LogP contribution in [0.4, 0.5) is 0 Å². The Kier molecular flexibility index (Phi) is 8.00. The summed E-state index contributed by atoms with van der Waals surface area (Å²) in [7, 11) is 1.59. The lowest BCUT2D eigenvalue weighted by Gasteiger charge is -2.53. The van der Waals surface area contributed by atoms with Gasteiger partial charge in [0, 0.05) is 23.4 Å². The van der Waals surface area contributed by atoms with Gasteiger partial charge in [-0.2, -0.15) is 0 Å². The van der Waals surface area contributed by atoms with E-state index in [2.05, 4.69) is 4.98 Å². The van der Waals surface area contributed by atoms with Crippen molar-refractivity contribution < 1.29 is 24.2 Å². The van der Waals surface area contributed by atoms with E-state index in [1.165, 1.54) is 21.6 Å². The van der Waals surface area contributed by atoms with Gasteiger partial charge in [0.05, 0.1) is 13.7 Å². The van der Waals surface area contributed by atoms with Gasteiger partial charge in [-0.15, -0.1) is 11.8 Å². The number of nitrogens with two attached hydrogens (primary N) is 1. The highest BCUT2D eigenvalue weighted by molar-refractivity contribution is 8.00. The summed E-state index contributed by atoms with van der Waals surface area (Å²) >= 11 is 1.38. The Morgan fingerprint density at radius 1 is 1.12 bits per heavy atom. The van der Waals surface area contributed by atoms with Gasteiger partial charge in [-0.1, -0.05) is 42.5 Å². The zero-order chi connectivity index (χ0) is 29.3. The first-order valence-corrected chi connectivity index (χ1v) is 14.1. The molecule has 3 atom stereocenters.